The number of hydrogen-bond donors (Lipinski definition) is 0. The number of anilines is 1. The van der Waals surface area contributed by atoms with Gasteiger partial charge in [-0.15, -0.1) is 0 Å². The van der Waals surface area contributed by atoms with Crippen molar-refractivity contribution in [3.63, 3.8) is 0 Å². The molecule has 0 bridgehead atoms. The molecule has 8 heteroatoms. The van der Waals surface area contributed by atoms with Gasteiger partial charge >= 0.3 is 6.09 Å². The highest BCUT2D eigenvalue weighted by molar-refractivity contribution is 5.89. The second-order valence-electron chi connectivity index (χ2n) is 9.05. The van der Waals surface area contributed by atoms with Gasteiger partial charge in [0.05, 0.1) is 23.9 Å². The molecule has 174 valence electrons. The van der Waals surface area contributed by atoms with Gasteiger partial charge in [-0.3, -0.25) is 9.69 Å². The molecule has 8 nitrogen and oxygen atoms in total. The third-order valence-electron chi connectivity index (χ3n) is 6.68. The summed E-state index contributed by atoms with van der Waals surface area (Å²) in [4.78, 5) is 33.9. The molecule has 5 rings (SSSR count). The summed E-state index contributed by atoms with van der Waals surface area (Å²) >= 11 is 0. The highest BCUT2D eigenvalue weighted by Gasteiger charge is 2.49. The Bertz CT molecular complexity index is 1050. The first kappa shape index (κ1) is 21.9. The molecule has 2 aromatic rings. The van der Waals surface area contributed by atoms with Gasteiger partial charge in [0.15, 0.2) is 0 Å². The van der Waals surface area contributed by atoms with Crippen molar-refractivity contribution < 1.29 is 23.8 Å². The predicted molar refractivity (Wildman–Crippen MR) is 121 cm³/mol. The predicted octanol–water partition coefficient (Wildman–Crippen LogP) is 3.63. The Balaban J connectivity index is 1.44. The van der Waals surface area contributed by atoms with Crippen LogP contribution in [0.3, 0.4) is 0 Å². The summed E-state index contributed by atoms with van der Waals surface area (Å²) in [6, 6.07) is 11.1. The number of carbonyl (C=O) groups is 2. The Kier molecular flexibility index (Phi) is 5.80. The van der Waals surface area contributed by atoms with Crippen LogP contribution in [0, 0.1) is 0 Å². The maximum Gasteiger partial charge on any atom is 0.420 e. The zero-order valence-electron chi connectivity index (χ0n) is 19.1. The van der Waals surface area contributed by atoms with E-state index in [1.54, 1.807) is 24.1 Å². The lowest BCUT2D eigenvalue weighted by atomic mass is 9.99. The normalized spacial score (nSPS) is 19.9. The molecule has 2 fully saturated rings. The molecule has 1 saturated heterocycles. The number of benzene rings is 1. The number of aryl methyl sites for hydroxylation is 1. The van der Waals surface area contributed by atoms with E-state index in [4.69, 9.17) is 19.2 Å². The maximum absolute atomic E-state index is 13.0. The molecule has 1 saturated carbocycles. The average molecular weight is 452 g/mol. The lowest BCUT2D eigenvalue weighted by Gasteiger charge is -2.34. The van der Waals surface area contributed by atoms with Crippen LogP contribution in [-0.4, -0.2) is 54.3 Å². The second kappa shape index (κ2) is 8.76. The van der Waals surface area contributed by atoms with Crippen molar-refractivity contribution in [3.05, 3.63) is 53.2 Å². The summed E-state index contributed by atoms with van der Waals surface area (Å²) in [6.07, 6.45) is 2.89. The van der Waals surface area contributed by atoms with Gasteiger partial charge in [-0.1, -0.05) is 18.2 Å². The quantitative estimate of drug-likeness (QED) is 0.691. The number of carbonyl (C=O) groups excluding carboxylic acids is 2. The number of hydrogen-bond acceptors (Lipinski definition) is 6. The van der Waals surface area contributed by atoms with Gasteiger partial charge in [-0.25, -0.2) is 9.78 Å². The van der Waals surface area contributed by atoms with Crippen LogP contribution in [-0.2, 0) is 27.2 Å². The SMILES string of the molecule is COC(C)c1nc2c(cc1CN1CC3(CC3)OCC1=O)CCCN2C(=O)Oc1ccccc1. The molecule has 0 N–H and O–H groups in total. The minimum absolute atomic E-state index is 0.00525. The summed E-state index contributed by atoms with van der Waals surface area (Å²) < 4.78 is 16.9. The number of nitrogens with zero attached hydrogens (tertiary/aromatic N) is 3. The van der Waals surface area contributed by atoms with Crippen LogP contribution in [0.5, 0.6) is 5.75 Å². The zero-order valence-corrected chi connectivity index (χ0v) is 19.1. The molecule has 33 heavy (non-hydrogen) atoms. The highest BCUT2D eigenvalue weighted by atomic mass is 16.6. The van der Waals surface area contributed by atoms with Crippen molar-refractivity contribution in [3.8, 4) is 5.75 Å². The zero-order chi connectivity index (χ0) is 23.0. The van der Waals surface area contributed by atoms with Gasteiger partial charge in [-0.2, -0.15) is 0 Å². The highest BCUT2D eigenvalue weighted by Crippen LogP contribution is 2.42. The average Bonchev–Trinajstić information content (AvgIpc) is 3.59. The Hall–Kier alpha value is -2.97. The smallest absolute Gasteiger partial charge is 0.410 e. The first-order valence-electron chi connectivity index (χ1n) is 11.5. The van der Waals surface area contributed by atoms with Crippen LogP contribution < -0.4 is 9.64 Å². The Morgan fingerprint density at radius 1 is 1.27 bits per heavy atom. The molecule has 1 unspecified atom stereocenters. The van der Waals surface area contributed by atoms with Crippen LogP contribution in [0.2, 0.25) is 0 Å². The molecule has 2 aliphatic heterocycles. The number of aromatic nitrogens is 1. The Labute approximate surface area is 193 Å². The number of ether oxygens (including phenoxy) is 3. The van der Waals surface area contributed by atoms with E-state index in [0.29, 0.717) is 31.2 Å². The summed E-state index contributed by atoms with van der Waals surface area (Å²) in [5.41, 5.74) is 2.52. The summed E-state index contributed by atoms with van der Waals surface area (Å²) in [6.45, 7) is 3.67. The number of fused-ring (bicyclic) bond motifs is 1. The molecular weight excluding hydrogens is 422 g/mol. The first-order chi connectivity index (χ1) is 16.0. The fourth-order valence-corrected chi connectivity index (χ4v) is 4.55. The van der Waals surface area contributed by atoms with Crippen LogP contribution in [0.1, 0.15) is 49.1 Å². The van der Waals surface area contributed by atoms with Gasteiger partial charge < -0.3 is 19.1 Å². The van der Waals surface area contributed by atoms with Crippen LogP contribution >= 0.6 is 0 Å². The molecule has 1 aromatic heterocycles. The molecule has 3 aliphatic rings. The summed E-state index contributed by atoms with van der Waals surface area (Å²) in [5, 5.41) is 0. The molecule has 2 amide bonds. The van der Waals surface area contributed by atoms with Crippen molar-refractivity contribution >= 4 is 17.8 Å². The van der Waals surface area contributed by atoms with E-state index in [-0.39, 0.29) is 24.2 Å². The lowest BCUT2D eigenvalue weighted by molar-refractivity contribution is -0.152. The number of pyridine rings is 1. The number of rotatable bonds is 5. The molecule has 1 aromatic carbocycles. The van der Waals surface area contributed by atoms with Crippen LogP contribution in [0.4, 0.5) is 10.6 Å². The summed E-state index contributed by atoms with van der Waals surface area (Å²) in [5.74, 6) is 1.10. The molecular formula is C25H29N3O5. The second-order valence-corrected chi connectivity index (χ2v) is 9.05. The molecule has 1 spiro atoms. The minimum Gasteiger partial charge on any atom is -0.410 e. The number of morpholine rings is 1. The number of amides is 2. The standard InChI is InChI=1S/C25H29N3O5/c1-17(31-2)22-19(14-27-16-25(10-11-25)32-15-21(27)29)13-18-7-6-12-28(23(18)26-22)24(30)33-20-8-4-3-5-9-20/h3-5,8-9,13,17H,6-7,10-12,14-16H2,1-2H3. The van der Waals surface area contributed by atoms with E-state index >= 15 is 0 Å². The van der Waals surface area contributed by atoms with Crippen molar-refractivity contribution in [2.75, 3.05) is 31.7 Å². The van der Waals surface area contributed by atoms with Gasteiger partial charge in [0.25, 0.3) is 0 Å². The third kappa shape index (κ3) is 4.45. The van der Waals surface area contributed by atoms with E-state index in [0.717, 1.165) is 42.5 Å². The minimum atomic E-state index is -0.447. The molecule has 0 radical (unpaired) electrons. The van der Waals surface area contributed by atoms with Crippen molar-refractivity contribution in [1.82, 2.24) is 9.88 Å². The van der Waals surface area contributed by atoms with Crippen molar-refractivity contribution in [1.29, 1.82) is 0 Å². The van der Waals surface area contributed by atoms with E-state index in [1.165, 1.54) is 0 Å². The maximum atomic E-state index is 13.0. The monoisotopic (exact) mass is 451 g/mol. The number of para-hydroxylation sites is 1. The largest absolute Gasteiger partial charge is 0.420 e. The van der Waals surface area contributed by atoms with Crippen LogP contribution in [0.25, 0.3) is 0 Å². The van der Waals surface area contributed by atoms with E-state index in [2.05, 4.69) is 6.07 Å². The number of methoxy groups -OCH3 is 1. The first-order valence-corrected chi connectivity index (χ1v) is 11.5. The Morgan fingerprint density at radius 2 is 2.06 bits per heavy atom. The third-order valence-corrected chi connectivity index (χ3v) is 6.68. The van der Waals surface area contributed by atoms with E-state index in [1.807, 2.05) is 30.0 Å². The van der Waals surface area contributed by atoms with Gasteiger partial charge in [0.1, 0.15) is 18.2 Å². The van der Waals surface area contributed by atoms with E-state index in [9.17, 15) is 9.59 Å². The summed E-state index contributed by atoms with van der Waals surface area (Å²) in [7, 11) is 1.64. The van der Waals surface area contributed by atoms with Crippen molar-refractivity contribution in [2.24, 2.45) is 0 Å². The van der Waals surface area contributed by atoms with Crippen molar-refractivity contribution in [2.45, 2.75) is 50.9 Å². The van der Waals surface area contributed by atoms with Gasteiger partial charge in [0.2, 0.25) is 5.91 Å². The Morgan fingerprint density at radius 3 is 2.79 bits per heavy atom. The molecule has 1 atom stereocenters. The fourth-order valence-electron chi connectivity index (χ4n) is 4.55. The van der Waals surface area contributed by atoms with Gasteiger partial charge in [-0.05, 0) is 61.9 Å². The fraction of sp³-hybridized carbons (Fsp3) is 0.480. The molecule has 3 heterocycles. The topological polar surface area (TPSA) is 81.2 Å². The lowest BCUT2D eigenvalue weighted by Crippen LogP contribution is -2.47. The molecule has 1 aliphatic carbocycles. The van der Waals surface area contributed by atoms with Crippen LogP contribution in [0.15, 0.2) is 36.4 Å². The van der Waals surface area contributed by atoms with Gasteiger partial charge in [0, 0.05) is 20.2 Å². The van der Waals surface area contributed by atoms with E-state index < -0.39 is 6.09 Å².